The van der Waals surface area contributed by atoms with E-state index in [1.54, 1.807) is 12.4 Å². The molecule has 7 nitrogen and oxygen atoms in total. The van der Waals surface area contributed by atoms with E-state index in [0.29, 0.717) is 31.5 Å². The minimum absolute atomic E-state index is 0.283. The Morgan fingerprint density at radius 1 is 1.33 bits per heavy atom. The van der Waals surface area contributed by atoms with Crippen molar-refractivity contribution in [2.24, 2.45) is 0 Å². The Bertz CT molecular complexity index is 667. The smallest absolute Gasteiger partial charge is 0.224 e. The second-order valence-electron chi connectivity index (χ2n) is 5.73. The molecule has 3 heterocycles. The normalized spacial score (nSPS) is 17.6. The summed E-state index contributed by atoms with van der Waals surface area (Å²) < 4.78 is 5.53. The number of rotatable bonds is 6. The molecule has 0 saturated carbocycles. The number of aromatic nitrogens is 3. The van der Waals surface area contributed by atoms with E-state index in [1.165, 1.54) is 0 Å². The highest BCUT2D eigenvalue weighted by atomic mass is 16.5. The van der Waals surface area contributed by atoms with Gasteiger partial charge in [0, 0.05) is 37.6 Å². The molecule has 1 saturated heterocycles. The molecule has 2 aromatic rings. The summed E-state index contributed by atoms with van der Waals surface area (Å²) in [6.07, 6.45) is 5.00. The van der Waals surface area contributed by atoms with Crippen LogP contribution >= 0.6 is 0 Å². The molecular weight excluding hydrogens is 306 g/mol. The van der Waals surface area contributed by atoms with E-state index in [2.05, 4.69) is 25.2 Å². The number of anilines is 2. The number of hydrogen-bond donors (Lipinski definition) is 2. The Balaban J connectivity index is 1.67. The van der Waals surface area contributed by atoms with Gasteiger partial charge in [0.2, 0.25) is 11.8 Å². The van der Waals surface area contributed by atoms with Crippen molar-refractivity contribution in [3.8, 4) is 5.88 Å². The Morgan fingerprint density at radius 2 is 2.25 bits per heavy atom. The molecule has 0 aromatic carbocycles. The average Bonchev–Trinajstić information content (AvgIpc) is 2.61. The second-order valence-corrected chi connectivity index (χ2v) is 5.73. The molecule has 0 bridgehead atoms. The monoisotopic (exact) mass is 329 g/mol. The number of nitrogens with zero attached hydrogens (tertiary/aromatic N) is 4. The molecular formula is C17H23N5O2. The summed E-state index contributed by atoms with van der Waals surface area (Å²) in [5.74, 6) is 2.02. The minimum Gasteiger partial charge on any atom is -0.478 e. The first kappa shape index (κ1) is 16.4. The molecule has 0 unspecified atom stereocenters. The van der Waals surface area contributed by atoms with Crippen molar-refractivity contribution < 1.29 is 9.84 Å². The van der Waals surface area contributed by atoms with Gasteiger partial charge >= 0.3 is 0 Å². The van der Waals surface area contributed by atoms with Gasteiger partial charge in [0.15, 0.2) is 0 Å². The summed E-state index contributed by atoms with van der Waals surface area (Å²) in [6.45, 7) is 4.58. The van der Waals surface area contributed by atoms with Crippen LogP contribution in [0.3, 0.4) is 0 Å². The lowest BCUT2D eigenvalue weighted by Crippen LogP contribution is -2.38. The molecule has 0 amide bonds. The summed E-state index contributed by atoms with van der Waals surface area (Å²) in [6, 6.07) is 5.72. The first-order chi connectivity index (χ1) is 11.8. The zero-order valence-corrected chi connectivity index (χ0v) is 13.9. The molecule has 1 aliphatic rings. The third-order valence-electron chi connectivity index (χ3n) is 3.93. The van der Waals surface area contributed by atoms with Gasteiger partial charge in [-0.25, -0.2) is 9.97 Å². The summed E-state index contributed by atoms with van der Waals surface area (Å²) in [7, 11) is 0. The van der Waals surface area contributed by atoms with Crippen LogP contribution in [0.2, 0.25) is 0 Å². The van der Waals surface area contributed by atoms with Crippen molar-refractivity contribution in [3.63, 3.8) is 0 Å². The number of pyridine rings is 1. The van der Waals surface area contributed by atoms with Crippen LogP contribution in [0.4, 0.5) is 11.8 Å². The van der Waals surface area contributed by atoms with Gasteiger partial charge in [0.1, 0.15) is 5.82 Å². The number of nitrogens with one attached hydrogen (secondary N) is 1. The lowest BCUT2D eigenvalue weighted by atomic mass is 10.1. The van der Waals surface area contributed by atoms with Crippen molar-refractivity contribution in [1.82, 2.24) is 15.0 Å². The zero-order valence-electron chi connectivity index (χ0n) is 13.9. The van der Waals surface area contributed by atoms with Crippen molar-refractivity contribution in [1.29, 1.82) is 0 Å². The van der Waals surface area contributed by atoms with Crippen LogP contribution in [0.1, 0.15) is 25.3 Å². The molecule has 2 N–H and O–H groups in total. The molecule has 0 spiro atoms. The maximum absolute atomic E-state index is 9.82. The van der Waals surface area contributed by atoms with E-state index < -0.39 is 0 Å². The third kappa shape index (κ3) is 4.11. The maximum atomic E-state index is 9.82. The number of ether oxygens (including phenoxy) is 1. The van der Waals surface area contributed by atoms with Crippen molar-refractivity contribution in [3.05, 3.63) is 36.2 Å². The standard InChI is InChI=1S/C17H23N5O2/c1-2-24-16-13(5-3-8-18-16)11-20-17-19-9-7-15(21-17)22-10-4-6-14(23)12-22/h3,5,7-9,14,23H,2,4,6,10-12H2,1H3,(H,19,20,21)/t14-/m0/s1. The topological polar surface area (TPSA) is 83.4 Å². The van der Waals surface area contributed by atoms with E-state index in [1.807, 2.05) is 25.1 Å². The predicted octanol–water partition coefficient (Wildman–Crippen LogP) is 1.84. The highest BCUT2D eigenvalue weighted by Crippen LogP contribution is 2.19. The highest BCUT2D eigenvalue weighted by molar-refractivity contribution is 5.43. The molecule has 1 fully saturated rings. The summed E-state index contributed by atoms with van der Waals surface area (Å²) in [5.41, 5.74) is 0.960. The lowest BCUT2D eigenvalue weighted by molar-refractivity contribution is 0.154. The molecule has 3 rings (SSSR count). The van der Waals surface area contributed by atoms with Gasteiger partial charge < -0.3 is 20.1 Å². The molecule has 128 valence electrons. The minimum atomic E-state index is -0.283. The van der Waals surface area contributed by atoms with Crippen LogP contribution in [0.15, 0.2) is 30.6 Å². The lowest BCUT2D eigenvalue weighted by Gasteiger charge is -2.31. The molecule has 0 radical (unpaired) electrons. The summed E-state index contributed by atoms with van der Waals surface area (Å²) in [4.78, 5) is 15.2. The van der Waals surface area contributed by atoms with E-state index >= 15 is 0 Å². The van der Waals surface area contributed by atoms with Crippen molar-refractivity contribution in [2.45, 2.75) is 32.4 Å². The highest BCUT2D eigenvalue weighted by Gasteiger charge is 2.19. The van der Waals surface area contributed by atoms with E-state index in [0.717, 1.165) is 30.8 Å². The van der Waals surface area contributed by atoms with Gasteiger partial charge in [-0.2, -0.15) is 4.98 Å². The zero-order chi connectivity index (χ0) is 16.8. The van der Waals surface area contributed by atoms with Crippen LogP contribution in [0.25, 0.3) is 0 Å². The van der Waals surface area contributed by atoms with Crippen LogP contribution in [0, 0.1) is 0 Å². The summed E-state index contributed by atoms with van der Waals surface area (Å²) >= 11 is 0. The van der Waals surface area contributed by atoms with Gasteiger partial charge in [-0.3, -0.25) is 0 Å². The van der Waals surface area contributed by atoms with Gasteiger partial charge in [0.05, 0.1) is 12.7 Å². The Labute approximate surface area is 141 Å². The first-order valence-corrected chi connectivity index (χ1v) is 8.33. The molecule has 2 aromatic heterocycles. The van der Waals surface area contributed by atoms with Crippen molar-refractivity contribution >= 4 is 11.8 Å². The van der Waals surface area contributed by atoms with Crippen LogP contribution in [-0.2, 0) is 6.54 Å². The number of aliphatic hydroxyl groups excluding tert-OH is 1. The van der Waals surface area contributed by atoms with Crippen molar-refractivity contribution in [2.75, 3.05) is 29.9 Å². The molecule has 24 heavy (non-hydrogen) atoms. The number of β-amino-alcohol motifs (C(OH)–C–C–N with tert-alkyl or cyclic N) is 1. The van der Waals surface area contributed by atoms with E-state index in [9.17, 15) is 5.11 Å². The average molecular weight is 329 g/mol. The molecule has 1 atom stereocenters. The SMILES string of the molecule is CCOc1ncccc1CNc1nccc(N2CCC[C@H](O)C2)n1. The second kappa shape index (κ2) is 7.92. The Morgan fingerprint density at radius 3 is 3.08 bits per heavy atom. The fourth-order valence-corrected chi connectivity index (χ4v) is 2.77. The fourth-order valence-electron chi connectivity index (χ4n) is 2.77. The molecule has 7 heteroatoms. The molecule has 1 aliphatic heterocycles. The van der Waals surface area contributed by atoms with Gasteiger partial charge in [-0.15, -0.1) is 0 Å². The molecule has 0 aliphatic carbocycles. The number of piperidine rings is 1. The van der Waals surface area contributed by atoms with Gasteiger partial charge in [-0.1, -0.05) is 6.07 Å². The van der Waals surface area contributed by atoms with Gasteiger partial charge in [0.25, 0.3) is 0 Å². The Kier molecular flexibility index (Phi) is 5.43. The van der Waals surface area contributed by atoms with Crippen LogP contribution in [0.5, 0.6) is 5.88 Å². The first-order valence-electron chi connectivity index (χ1n) is 8.33. The fraction of sp³-hybridized carbons (Fsp3) is 0.471. The Hall–Kier alpha value is -2.41. The largest absolute Gasteiger partial charge is 0.478 e. The quantitative estimate of drug-likeness (QED) is 0.836. The van der Waals surface area contributed by atoms with Crippen LogP contribution in [-0.4, -0.2) is 45.9 Å². The maximum Gasteiger partial charge on any atom is 0.224 e. The van der Waals surface area contributed by atoms with E-state index in [4.69, 9.17) is 4.74 Å². The van der Waals surface area contributed by atoms with Gasteiger partial charge in [-0.05, 0) is 31.9 Å². The van der Waals surface area contributed by atoms with E-state index in [-0.39, 0.29) is 6.10 Å². The predicted molar refractivity (Wildman–Crippen MR) is 92.2 cm³/mol. The van der Waals surface area contributed by atoms with Crippen LogP contribution < -0.4 is 15.0 Å². The number of aliphatic hydroxyl groups is 1. The third-order valence-corrected chi connectivity index (χ3v) is 3.93. The number of hydrogen-bond acceptors (Lipinski definition) is 7. The summed E-state index contributed by atoms with van der Waals surface area (Å²) in [5, 5.41) is 13.0.